The Hall–Kier alpha value is -2.60. The molecule has 2 bridgehead atoms. The molecule has 35 heavy (non-hydrogen) atoms. The largest absolute Gasteiger partial charge is 0.748 e. The summed E-state index contributed by atoms with van der Waals surface area (Å²) in [4.78, 5) is 13.3. The van der Waals surface area contributed by atoms with Crippen LogP contribution in [0.4, 0.5) is 26.3 Å². The molecule has 2 atom stereocenters. The molecule has 2 unspecified atom stereocenters. The highest BCUT2D eigenvalue weighted by Gasteiger charge is 2.75. The van der Waals surface area contributed by atoms with Gasteiger partial charge in [0.2, 0.25) is 0 Å². The van der Waals surface area contributed by atoms with Crippen molar-refractivity contribution >= 4 is 16.1 Å². The first-order valence-electron chi connectivity index (χ1n) is 10.6. The van der Waals surface area contributed by atoms with E-state index in [1.807, 2.05) is 0 Å². The monoisotopic (exact) mass is 521 g/mol. The van der Waals surface area contributed by atoms with E-state index in [1.54, 1.807) is 55.5 Å². The summed E-state index contributed by atoms with van der Waals surface area (Å²) in [6.45, 7) is 1.65. The van der Waals surface area contributed by atoms with Crippen LogP contribution in [0.3, 0.4) is 0 Å². The van der Waals surface area contributed by atoms with Gasteiger partial charge in [-0.1, -0.05) is 61.9 Å². The number of alkyl halides is 6. The molecule has 0 N–H and O–H groups in total. The first-order valence-corrected chi connectivity index (χ1v) is 12.2. The normalized spacial score (nSPS) is 24.0. The fourth-order valence-corrected chi connectivity index (χ4v) is 6.44. The van der Waals surface area contributed by atoms with Crippen LogP contribution in [-0.4, -0.2) is 42.6 Å². The Kier molecular flexibility index (Phi) is 5.99. The molecule has 0 saturated heterocycles. The fourth-order valence-electron chi connectivity index (χ4n) is 5.55. The SMILES string of the molecule is CCC1C2c3ccccc3C(c3ccccc32)C1C(=O)OC(CS(=O)(=O)[O-])(C(F)(F)F)C(F)(F)F. The van der Waals surface area contributed by atoms with Gasteiger partial charge >= 0.3 is 23.9 Å². The van der Waals surface area contributed by atoms with Crippen molar-refractivity contribution in [3.63, 3.8) is 0 Å². The third-order valence-corrected chi connectivity index (χ3v) is 7.66. The zero-order valence-corrected chi connectivity index (χ0v) is 18.9. The molecular formula is C23H19F6O5S-. The van der Waals surface area contributed by atoms with Gasteiger partial charge in [-0.2, -0.15) is 26.3 Å². The second-order valence-electron chi connectivity index (χ2n) is 8.76. The molecule has 12 heteroatoms. The van der Waals surface area contributed by atoms with Gasteiger partial charge in [-0.15, -0.1) is 0 Å². The first-order chi connectivity index (χ1) is 16.1. The van der Waals surface area contributed by atoms with Crippen LogP contribution in [0, 0.1) is 11.8 Å². The van der Waals surface area contributed by atoms with E-state index in [0.29, 0.717) is 11.1 Å². The van der Waals surface area contributed by atoms with Gasteiger partial charge in [0.1, 0.15) is 0 Å². The third kappa shape index (κ3) is 4.00. The lowest BCUT2D eigenvalue weighted by Gasteiger charge is -2.50. The molecule has 2 aromatic rings. The van der Waals surface area contributed by atoms with E-state index >= 15 is 0 Å². The summed E-state index contributed by atoms with van der Waals surface area (Å²) in [5.41, 5.74) is -2.72. The van der Waals surface area contributed by atoms with E-state index in [-0.39, 0.29) is 6.42 Å². The second kappa shape index (κ2) is 8.22. The van der Waals surface area contributed by atoms with Crippen LogP contribution in [0.5, 0.6) is 0 Å². The summed E-state index contributed by atoms with van der Waals surface area (Å²) in [5, 5.41) is 0. The molecule has 0 aliphatic heterocycles. The fraction of sp³-hybridized carbons (Fsp3) is 0.435. The van der Waals surface area contributed by atoms with Crippen molar-refractivity contribution in [1.82, 2.24) is 0 Å². The number of fused-ring (bicyclic) bond motifs is 1. The highest BCUT2D eigenvalue weighted by Crippen LogP contribution is 2.60. The predicted molar refractivity (Wildman–Crippen MR) is 109 cm³/mol. The van der Waals surface area contributed by atoms with Crippen molar-refractivity contribution in [3.05, 3.63) is 70.8 Å². The van der Waals surface area contributed by atoms with E-state index in [0.717, 1.165) is 11.1 Å². The lowest BCUT2D eigenvalue weighted by Crippen LogP contribution is -2.64. The molecule has 5 nitrogen and oxygen atoms in total. The van der Waals surface area contributed by atoms with Crippen molar-refractivity contribution in [2.45, 2.75) is 43.1 Å². The number of hydrogen-bond acceptors (Lipinski definition) is 5. The number of esters is 1. The van der Waals surface area contributed by atoms with E-state index < -0.39 is 63.5 Å². The number of rotatable bonds is 5. The van der Waals surface area contributed by atoms with Crippen LogP contribution < -0.4 is 0 Å². The number of ether oxygens (including phenoxy) is 1. The Morgan fingerprint density at radius 2 is 1.26 bits per heavy atom. The molecule has 0 spiro atoms. The molecule has 190 valence electrons. The average Bonchev–Trinajstić information content (AvgIpc) is 2.75. The Balaban J connectivity index is 1.87. The van der Waals surface area contributed by atoms with Crippen LogP contribution in [0.25, 0.3) is 0 Å². The van der Waals surface area contributed by atoms with Crippen LogP contribution in [0.2, 0.25) is 0 Å². The van der Waals surface area contributed by atoms with Crippen LogP contribution in [0.1, 0.15) is 47.4 Å². The molecule has 5 rings (SSSR count). The van der Waals surface area contributed by atoms with Crippen molar-refractivity contribution in [2.24, 2.45) is 11.8 Å². The molecule has 0 radical (unpaired) electrons. The quantitative estimate of drug-likeness (QED) is 0.319. The lowest BCUT2D eigenvalue weighted by molar-refractivity contribution is -0.362. The second-order valence-corrected chi connectivity index (χ2v) is 10.2. The van der Waals surface area contributed by atoms with Gasteiger partial charge < -0.3 is 9.29 Å². The van der Waals surface area contributed by atoms with Gasteiger partial charge in [0.15, 0.2) is 0 Å². The third-order valence-electron chi connectivity index (χ3n) is 6.90. The summed E-state index contributed by atoms with van der Waals surface area (Å²) in [7, 11) is -6.12. The number of carbonyl (C=O) groups is 1. The highest BCUT2D eigenvalue weighted by molar-refractivity contribution is 7.85. The van der Waals surface area contributed by atoms with E-state index in [1.165, 1.54) is 0 Å². The maximum absolute atomic E-state index is 13.8. The summed E-state index contributed by atoms with van der Waals surface area (Å²) >= 11 is 0. The van der Waals surface area contributed by atoms with Crippen molar-refractivity contribution in [3.8, 4) is 0 Å². The van der Waals surface area contributed by atoms with Gasteiger partial charge in [-0.3, -0.25) is 4.79 Å². The topological polar surface area (TPSA) is 83.5 Å². The average molecular weight is 521 g/mol. The van der Waals surface area contributed by atoms with Gasteiger partial charge in [-0.05, 0) is 28.2 Å². The minimum Gasteiger partial charge on any atom is -0.748 e. The zero-order valence-electron chi connectivity index (χ0n) is 18.1. The predicted octanol–water partition coefficient (Wildman–Crippen LogP) is 4.87. The first kappa shape index (κ1) is 25.5. The Labute approximate surface area is 196 Å². The molecule has 3 aliphatic carbocycles. The molecule has 0 saturated carbocycles. The van der Waals surface area contributed by atoms with Crippen LogP contribution in [0.15, 0.2) is 48.5 Å². The molecule has 2 aromatic carbocycles. The van der Waals surface area contributed by atoms with Crippen molar-refractivity contribution < 1.29 is 48.8 Å². The van der Waals surface area contributed by atoms with Crippen LogP contribution >= 0.6 is 0 Å². The van der Waals surface area contributed by atoms with Crippen molar-refractivity contribution in [2.75, 3.05) is 5.75 Å². The van der Waals surface area contributed by atoms with Crippen LogP contribution in [-0.2, 0) is 19.6 Å². The Morgan fingerprint density at radius 3 is 1.60 bits per heavy atom. The standard InChI is InChI=1S/C23H20F6O5S/c1-2-12-17-13-7-3-5-9-15(13)18(16-10-6-4-8-14(16)17)19(12)20(30)34-21(22(24,25)26,23(27,28)29)11-35(31,32)33/h3-10,12,17-19H,2,11H2,1H3,(H,31,32,33)/p-1. The molecule has 3 aliphatic rings. The highest BCUT2D eigenvalue weighted by atomic mass is 32.2. The van der Waals surface area contributed by atoms with Gasteiger partial charge in [0, 0.05) is 11.8 Å². The minimum absolute atomic E-state index is 0.217. The maximum atomic E-state index is 13.8. The van der Waals surface area contributed by atoms with Gasteiger partial charge in [-0.25, -0.2) is 8.42 Å². The molecule has 0 heterocycles. The smallest absolute Gasteiger partial charge is 0.438 e. The maximum Gasteiger partial charge on any atom is 0.438 e. The summed E-state index contributed by atoms with van der Waals surface area (Å²) in [6.07, 6.45) is -12.6. The molecule has 0 amide bonds. The zero-order chi connectivity index (χ0) is 26.0. The number of carbonyl (C=O) groups excluding carboxylic acids is 1. The van der Waals surface area contributed by atoms with E-state index in [9.17, 15) is 44.1 Å². The van der Waals surface area contributed by atoms with Crippen molar-refractivity contribution in [1.29, 1.82) is 0 Å². The number of halogens is 6. The van der Waals surface area contributed by atoms with E-state index in [4.69, 9.17) is 0 Å². The molecule has 0 aromatic heterocycles. The minimum atomic E-state index is -6.41. The molecular weight excluding hydrogens is 502 g/mol. The number of benzene rings is 2. The Bertz CT molecular complexity index is 1190. The summed E-state index contributed by atoms with van der Waals surface area (Å²) in [5.74, 6) is -8.45. The van der Waals surface area contributed by atoms with Gasteiger partial charge in [0.05, 0.1) is 21.8 Å². The lowest BCUT2D eigenvalue weighted by atomic mass is 9.53. The molecule has 0 fully saturated rings. The van der Waals surface area contributed by atoms with Gasteiger partial charge in [0.25, 0.3) is 0 Å². The number of hydrogen-bond donors (Lipinski definition) is 0. The van der Waals surface area contributed by atoms with E-state index in [2.05, 4.69) is 4.74 Å². The Morgan fingerprint density at radius 1 is 0.857 bits per heavy atom. The summed E-state index contributed by atoms with van der Waals surface area (Å²) < 4.78 is 120. The summed E-state index contributed by atoms with van der Waals surface area (Å²) in [6, 6.07) is 13.7.